The fourth-order valence-corrected chi connectivity index (χ4v) is 2.51. The summed E-state index contributed by atoms with van der Waals surface area (Å²) in [5.74, 6) is -0.452. The van der Waals surface area contributed by atoms with Crippen LogP contribution < -0.4 is 0 Å². The summed E-state index contributed by atoms with van der Waals surface area (Å²) in [5, 5.41) is 0.545. The molecule has 0 fully saturated rings. The van der Waals surface area contributed by atoms with Crippen LogP contribution in [0.5, 0.6) is 0 Å². The quantitative estimate of drug-likeness (QED) is 0.621. The van der Waals surface area contributed by atoms with Gasteiger partial charge in [-0.15, -0.1) is 0 Å². The smallest absolute Gasteiger partial charge is 0.167 e. The molecule has 5 heteroatoms. The van der Waals surface area contributed by atoms with Crippen LogP contribution >= 0.6 is 43.5 Å². The Morgan fingerprint density at radius 2 is 1.84 bits per heavy atom. The van der Waals surface area contributed by atoms with E-state index in [4.69, 9.17) is 11.6 Å². The van der Waals surface area contributed by atoms with Crippen molar-refractivity contribution in [2.75, 3.05) is 0 Å². The van der Waals surface area contributed by atoms with Crippen LogP contribution in [0.2, 0.25) is 5.02 Å². The minimum Gasteiger partial charge on any atom is -0.294 e. The average molecular weight is 406 g/mol. The van der Waals surface area contributed by atoms with E-state index in [-0.39, 0.29) is 18.0 Å². The molecule has 98 valence electrons. The molecule has 0 bridgehead atoms. The van der Waals surface area contributed by atoms with Gasteiger partial charge in [-0.1, -0.05) is 27.5 Å². The zero-order valence-electron chi connectivity index (χ0n) is 9.59. The van der Waals surface area contributed by atoms with Crippen molar-refractivity contribution >= 4 is 49.2 Å². The molecule has 0 N–H and O–H groups in total. The molecule has 0 radical (unpaired) electrons. The van der Waals surface area contributed by atoms with Crippen LogP contribution in [0.1, 0.15) is 15.9 Å². The first-order chi connectivity index (χ1) is 8.97. The third-order valence-electron chi connectivity index (χ3n) is 2.60. The van der Waals surface area contributed by atoms with Crippen molar-refractivity contribution in [3.63, 3.8) is 0 Å². The molecule has 0 saturated heterocycles. The predicted octanol–water partition coefficient (Wildman–Crippen LogP) is 5.43. The number of ketones is 1. The second-order valence-corrected chi connectivity index (χ2v) is 6.08. The number of Topliss-reactive ketones (excluding diaryl/α,β-unsaturated/α-hetero) is 1. The summed E-state index contributed by atoms with van der Waals surface area (Å²) in [6.07, 6.45) is 0.131. The maximum Gasteiger partial charge on any atom is 0.167 e. The number of carbonyl (C=O) groups is 1. The Balaban J connectivity index is 2.25. The van der Waals surface area contributed by atoms with Crippen molar-refractivity contribution in [2.45, 2.75) is 6.42 Å². The maximum absolute atomic E-state index is 13.2. The molecule has 19 heavy (non-hydrogen) atoms. The summed E-state index contributed by atoms with van der Waals surface area (Å²) in [6.45, 7) is 0. The molecule has 0 aromatic heterocycles. The van der Waals surface area contributed by atoms with Gasteiger partial charge in [0.15, 0.2) is 5.78 Å². The fraction of sp³-hybridized carbons (Fsp3) is 0.0714. The van der Waals surface area contributed by atoms with Gasteiger partial charge in [-0.3, -0.25) is 4.79 Å². The summed E-state index contributed by atoms with van der Waals surface area (Å²) in [6, 6.07) is 9.26. The van der Waals surface area contributed by atoms with E-state index in [0.29, 0.717) is 20.6 Å². The summed E-state index contributed by atoms with van der Waals surface area (Å²) in [5.41, 5.74) is 1.16. The monoisotopic (exact) mass is 404 g/mol. The molecule has 0 unspecified atom stereocenters. The van der Waals surface area contributed by atoms with Crippen molar-refractivity contribution in [3.05, 3.63) is 67.3 Å². The summed E-state index contributed by atoms with van der Waals surface area (Å²) in [7, 11) is 0. The fourth-order valence-electron chi connectivity index (χ4n) is 1.62. The highest BCUT2D eigenvalue weighted by Crippen LogP contribution is 2.25. The number of carbonyl (C=O) groups excluding carboxylic acids is 1. The summed E-state index contributed by atoms with van der Waals surface area (Å²) in [4.78, 5) is 12.1. The number of halogens is 4. The van der Waals surface area contributed by atoms with E-state index < -0.39 is 0 Å². The molecular formula is C14H8Br2ClFO. The third kappa shape index (κ3) is 3.65. The third-order valence-corrected chi connectivity index (χ3v) is 4.59. The standard InChI is InChI=1S/C14H8Br2ClFO/c15-11-3-2-10(18)5-9(11)7-14(19)8-1-4-13(17)12(16)6-8/h1-6H,7H2. The lowest BCUT2D eigenvalue weighted by Gasteiger charge is -2.05. The lowest BCUT2D eigenvalue weighted by atomic mass is 10.0. The van der Waals surface area contributed by atoms with Crippen molar-refractivity contribution in [1.29, 1.82) is 0 Å². The van der Waals surface area contributed by atoms with Crippen molar-refractivity contribution in [1.82, 2.24) is 0 Å². The summed E-state index contributed by atoms with van der Waals surface area (Å²) < 4.78 is 14.5. The van der Waals surface area contributed by atoms with E-state index in [0.717, 1.165) is 4.47 Å². The van der Waals surface area contributed by atoms with Crippen LogP contribution in [-0.4, -0.2) is 5.78 Å². The van der Waals surface area contributed by atoms with Crippen LogP contribution in [-0.2, 0) is 6.42 Å². The van der Waals surface area contributed by atoms with Crippen LogP contribution in [0.3, 0.4) is 0 Å². The van der Waals surface area contributed by atoms with Gasteiger partial charge in [0.05, 0.1) is 5.02 Å². The van der Waals surface area contributed by atoms with E-state index in [1.54, 1.807) is 24.3 Å². The van der Waals surface area contributed by atoms with Crippen molar-refractivity contribution in [3.8, 4) is 0 Å². The maximum atomic E-state index is 13.2. The molecule has 0 saturated carbocycles. The number of hydrogen-bond acceptors (Lipinski definition) is 1. The molecule has 0 amide bonds. The molecule has 0 aliphatic carbocycles. The predicted molar refractivity (Wildman–Crippen MR) is 81.3 cm³/mol. The largest absolute Gasteiger partial charge is 0.294 e. The van der Waals surface area contributed by atoms with E-state index in [2.05, 4.69) is 31.9 Å². The van der Waals surface area contributed by atoms with Gasteiger partial charge in [0.2, 0.25) is 0 Å². The first-order valence-corrected chi connectivity index (χ1v) is 7.36. The Morgan fingerprint density at radius 3 is 2.53 bits per heavy atom. The molecule has 0 aliphatic rings. The minimum absolute atomic E-state index is 0.0938. The van der Waals surface area contributed by atoms with E-state index in [1.807, 2.05) is 0 Å². The van der Waals surface area contributed by atoms with E-state index in [1.165, 1.54) is 12.1 Å². The minimum atomic E-state index is -0.358. The second-order valence-electron chi connectivity index (χ2n) is 3.96. The van der Waals surface area contributed by atoms with Gasteiger partial charge >= 0.3 is 0 Å². The second kappa shape index (κ2) is 6.16. The molecular weight excluding hydrogens is 398 g/mol. The zero-order valence-corrected chi connectivity index (χ0v) is 13.5. The van der Waals surface area contributed by atoms with Gasteiger partial charge in [-0.25, -0.2) is 4.39 Å². The van der Waals surface area contributed by atoms with Crippen LogP contribution in [0.4, 0.5) is 4.39 Å². The van der Waals surface area contributed by atoms with Gasteiger partial charge in [-0.2, -0.15) is 0 Å². The van der Waals surface area contributed by atoms with Crippen LogP contribution in [0, 0.1) is 5.82 Å². The first kappa shape index (κ1) is 14.7. The first-order valence-electron chi connectivity index (χ1n) is 5.39. The SMILES string of the molecule is O=C(Cc1cc(F)ccc1Br)c1ccc(Cl)c(Br)c1. The van der Waals surface area contributed by atoms with Gasteiger partial charge < -0.3 is 0 Å². The average Bonchev–Trinajstić information content (AvgIpc) is 2.37. The highest BCUT2D eigenvalue weighted by atomic mass is 79.9. The number of rotatable bonds is 3. The Hall–Kier alpha value is -0.710. The lowest BCUT2D eigenvalue weighted by Crippen LogP contribution is -2.04. The normalized spacial score (nSPS) is 10.5. The molecule has 0 spiro atoms. The number of hydrogen-bond donors (Lipinski definition) is 0. The van der Waals surface area contributed by atoms with Crippen molar-refractivity contribution < 1.29 is 9.18 Å². The summed E-state index contributed by atoms with van der Waals surface area (Å²) >= 11 is 12.5. The Morgan fingerprint density at radius 1 is 1.11 bits per heavy atom. The molecule has 0 atom stereocenters. The highest BCUT2D eigenvalue weighted by Gasteiger charge is 2.11. The molecule has 1 nitrogen and oxygen atoms in total. The highest BCUT2D eigenvalue weighted by molar-refractivity contribution is 9.10. The molecule has 2 rings (SSSR count). The van der Waals surface area contributed by atoms with Gasteiger partial charge in [-0.05, 0) is 57.9 Å². The molecule has 2 aromatic rings. The molecule has 0 heterocycles. The van der Waals surface area contributed by atoms with Crippen LogP contribution in [0.25, 0.3) is 0 Å². The Bertz CT molecular complexity index is 643. The zero-order chi connectivity index (χ0) is 14.0. The molecule has 0 aliphatic heterocycles. The van der Waals surface area contributed by atoms with E-state index >= 15 is 0 Å². The van der Waals surface area contributed by atoms with Crippen molar-refractivity contribution in [2.24, 2.45) is 0 Å². The topological polar surface area (TPSA) is 17.1 Å². The Kier molecular flexibility index (Phi) is 4.76. The molecule has 2 aromatic carbocycles. The van der Waals surface area contributed by atoms with Gasteiger partial charge in [0.1, 0.15) is 5.82 Å². The van der Waals surface area contributed by atoms with Gasteiger partial charge in [0, 0.05) is 20.9 Å². The van der Waals surface area contributed by atoms with Gasteiger partial charge in [0.25, 0.3) is 0 Å². The van der Waals surface area contributed by atoms with Crippen LogP contribution in [0.15, 0.2) is 45.3 Å². The lowest BCUT2D eigenvalue weighted by molar-refractivity contribution is 0.0992. The Labute approximate surface area is 132 Å². The van der Waals surface area contributed by atoms with E-state index in [9.17, 15) is 9.18 Å². The number of benzene rings is 2.